The number of alkyl halides is 2. The van der Waals surface area contributed by atoms with Gasteiger partial charge in [0.2, 0.25) is 0 Å². The summed E-state index contributed by atoms with van der Waals surface area (Å²) < 4.78 is 28.1. The Morgan fingerprint density at radius 3 is 2.50 bits per heavy atom. The van der Waals surface area contributed by atoms with E-state index >= 15 is 0 Å². The summed E-state index contributed by atoms with van der Waals surface area (Å²) in [5.41, 5.74) is 5.94. The van der Waals surface area contributed by atoms with Crippen molar-refractivity contribution in [2.75, 3.05) is 19.6 Å². The standard InChI is InChI=1S/C12H14F2N2O2/c13-12(14)18-10-3-1-9(2-4-10)11(17)16-6-8(5-15)7-16/h1-4,8,12H,5-7,15H2. The van der Waals surface area contributed by atoms with Crippen LogP contribution in [0.5, 0.6) is 5.75 Å². The second kappa shape index (κ2) is 5.30. The summed E-state index contributed by atoms with van der Waals surface area (Å²) in [6.45, 7) is -0.965. The fourth-order valence-corrected chi connectivity index (χ4v) is 1.85. The Hall–Kier alpha value is -1.69. The highest BCUT2D eigenvalue weighted by molar-refractivity contribution is 5.94. The van der Waals surface area contributed by atoms with Crippen LogP contribution >= 0.6 is 0 Å². The summed E-state index contributed by atoms with van der Waals surface area (Å²) >= 11 is 0. The number of nitrogens with zero attached hydrogens (tertiary/aromatic N) is 1. The molecule has 0 saturated carbocycles. The summed E-state index contributed by atoms with van der Waals surface area (Å²) in [6.07, 6.45) is 0. The zero-order valence-electron chi connectivity index (χ0n) is 9.68. The molecular weight excluding hydrogens is 242 g/mol. The molecule has 0 unspecified atom stereocenters. The molecule has 98 valence electrons. The summed E-state index contributed by atoms with van der Waals surface area (Å²) in [5, 5.41) is 0. The summed E-state index contributed by atoms with van der Waals surface area (Å²) in [7, 11) is 0. The lowest BCUT2D eigenvalue weighted by atomic mass is 9.99. The van der Waals surface area contributed by atoms with Crippen LogP contribution in [-0.4, -0.2) is 37.1 Å². The summed E-state index contributed by atoms with van der Waals surface area (Å²) in [5.74, 6) is 0.309. The Morgan fingerprint density at radius 1 is 1.39 bits per heavy atom. The van der Waals surface area contributed by atoms with Crippen molar-refractivity contribution in [3.05, 3.63) is 29.8 Å². The van der Waals surface area contributed by atoms with Crippen LogP contribution in [0.15, 0.2) is 24.3 Å². The second-order valence-corrected chi connectivity index (χ2v) is 4.21. The van der Waals surface area contributed by atoms with Crippen LogP contribution in [0.1, 0.15) is 10.4 Å². The number of amides is 1. The maximum atomic E-state index is 11.9. The number of rotatable bonds is 4. The fourth-order valence-electron chi connectivity index (χ4n) is 1.85. The molecule has 1 amide bonds. The first-order valence-corrected chi connectivity index (χ1v) is 5.64. The molecule has 1 aromatic rings. The van der Waals surface area contributed by atoms with E-state index < -0.39 is 6.61 Å². The Bertz CT molecular complexity index is 417. The first-order valence-electron chi connectivity index (χ1n) is 5.64. The van der Waals surface area contributed by atoms with Crippen molar-refractivity contribution in [1.29, 1.82) is 0 Å². The van der Waals surface area contributed by atoms with Crippen molar-refractivity contribution in [3.63, 3.8) is 0 Å². The van der Waals surface area contributed by atoms with Crippen molar-refractivity contribution >= 4 is 5.91 Å². The monoisotopic (exact) mass is 256 g/mol. The van der Waals surface area contributed by atoms with Crippen LogP contribution in [0.2, 0.25) is 0 Å². The summed E-state index contributed by atoms with van der Waals surface area (Å²) in [4.78, 5) is 13.6. The maximum absolute atomic E-state index is 11.9. The molecule has 4 nitrogen and oxygen atoms in total. The van der Waals surface area contributed by atoms with Crippen LogP contribution in [0, 0.1) is 5.92 Å². The van der Waals surface area contributed by atoms with Crippen molar-refractivity contribution in [3.8, 4) is 5.75 Å². The molecule has 2 N–H and O–H groups in total. The predicted octanol–water partition coefficient (Wildman–Crippen LogP) is 1.32. The number of hydrogen-bond donors (Lipinski definition) is 1. The van der Waals surface area contributed by atoms with Gasteiger partial charge in [0.25, 0.3) is 5.91 Å². The molecule has 0 aromatic heterocycles. The molecule has 0 bridgehead atoms. The molecule has 6 heteroatoms. The molecule has 1 aromatic carbocycles. The van der Waals surface area contributed by atoms with Gasteiger partial charge in [-0.25, -0.2) is 0 Å². The fraction of sp³-hybridized carbons (Fsp3) is 0.417. The minimum Gasteiger partial charge on any atom is -0.435 e. The third kappa shape index (κ3) is 2.76. The lowest BCUT2D eigenvalue weighted by molar-refractivity contribution is -0.0498. The van der Waals surface area contributed by atoms with Crippen molar-refractivity contribution < 1.29 is 18.3 Å². The molecular formula is C12H14F2N2O2. The molecule has 0 atom stereocenters. The number of halogens is 2. The molecule has 1 fully saturated rings. The molecule has 1 saturated heterocycles. The average Bonchev–Trinajstić information content (AvgIpc) is 2.27. The molecule has 0 aliphatic carbocycles. The number of hydrogen-bond acceptors (Lipinski definition) is 3. The number of likely N-dealkylation sites (tertiary alicyclic amines) is 1. The van der Waals surface area contributed by atoms with Gasteiger partial charge in [-0.3, -0.25) is 4.79 Å². The smallest absolute Gasteiger partial charge is 0.387 e. The van der Waals surface area contributed by atoms with Gasteiger partial charge in [0, 0.05) is 24.6 Å². The topological polar surface area (TPSA) is 55.6 Å². The maximum Gasteiger partial charge on any atom is 0.387 e. The van der Waals surface area contributed by atoms with Crippen LogP contribution in [-0.2, 0) is 0 Å². The molecule has 1 aliphatic heterocycles. The Morgan fingerprint density at radius 2 is 2.00 bits per heavy atom. The minimum absolute atomic E-state index is 0.0463. The lowest BCUT2D eigenvalue weighted by Crippen LogP contribution is -2.52. The quantitative estimate of drug-likeness (QED) is 0.884. The molecule has 18 heavy (non-hydrogen) atoms. The molecule has 1 heterocycles. The number of benzene rings is 1. The summed E-state index contributed by atoms with van der Waals surface area (Å²) in [6, 6.07) is 5.69. The number of carbonyl (C=O) groups is 1. The minimum atomic E-state index is -2.85. The highest BCUT2D eigenvalue weighted by Crippen LogP contribution is 2.20. The van der Waals surface area contributed by atoms with Gasteiger partial charge in [-0.05, 0) is 30.8 Å². The Labute approximate surface area is 103 Å². The lowest BCUT2D eigenvalue weighted by Gasteiger charge is -2.38. The van der Waals surface area contributed by atoms with Gasteiger partial charge in [0.15, 0.2) is 0 Å². The number of nitrogens with two attached hydrogens (primary N) is 1. The molecule has 1 aliphatic rings. The van der Waals surface area contributed by atoms with Crippen molar-refractivity contribution in [2.45, 2.75) is 6.61 Å². The second-order valence-electron chi connectivity index (χ2n) is 4.21. The Balaban J connectivity index is 1.95. The molecule has 2 rings (SSSR count). The highest BCUT2D eigenvalue weighted by Gasteiger charge is 2.29. The average molecular weight is 256 g/mol. The predicted molar refractivity (Wildman–Crippen MR) is 61.5 cm³/mol. The zero-order chi connectivity index (χ0) is 13.1. The first-order chi connectivity index (χ1) is 8.60. The number of ether oxygens (including phenoxy) is 1. The van der Waals surface area contributed by atoms with Crippen LogP contribution < -0.4 is 10.5 Å². The van der Waals surface area contributed by atoms with E-state index in [1.807, 2.05) is 0 Å². The molecule has 0 spiro atoms. The van der Waals surface area contributed by atoms with Crippen molar-refractivity contribution in [1.82, 2.24) is 4.90 Å². The highest BCUT2D eigenvalue weighted by atomic mass is 19.3. The van der Waals surface area contributed by atoms with E-state index in [4.69, 9.17) is 5.73 Å². The first kappa shape index (κ1) is 12.8. The third-order valence-electron chi connectivity index (χ3n) is 2.90. The van der Waals surface area contributed by atoms with Crippen LogP contribution in [0.3, 0.4) is 0 Å². The van der Waals surface area contributed by atoms with E-state index in [9.17, 15) is 13.6 Å². The third-order valence-corrected chi connectivity index (χ3v) is 2.90. The van der Waals surface area contributed by atoms with E-state index in [0.717, 1.165) is 0 Å². The largest absolute Gasteiger partial charge is 0.435 e. The van der Waals surface area contributed by atoms with Gasteiger partial charge in [0.05, 0.1) is 0 Å². The van der Waals surface area contributed by atoms with Crippen LogP contribution in [0.25, 0.3) is 0 Å². The van der Waals surface area contributed by atoms with Gasteiger partial charge in [0.1, 0.15) is 5.75 Å². The van der Waals surface area contributed by atoms with E-state index in [1.54, 1.807) is 4.90 Å². The van der Waals surface area contributed by atoms with E-state index in [0.29, 0.717) is 31.1 Å². The SMILES string of the molecule is NCC1CN(C(=O)c2ccc(OC(F)F)cc2)C1. The van der Waals surface area contributed by atoms with Gasteiger partial charge in [-0.1, -0.05) is 0 Å². The van der Waals surface area contributed by atoms with Gasteiger partial charge in [-0.15, -0.1) is 0 Å². The number of carbonyl (C=O) groups excluding carboxylic acids is 1. The van der Waals surface area contributed by atoms with Gasteiger partial charge in [-0.2, -0.15) is 8.78 Å². The van der Waals surface area contributed by atoms with E-state index in [-0.39, 0.29) is 11.7 Å². The van der Waals surface area contributed by atoms with E-state index in [1.165, 1.54) is 24.3 Å². The van der Waals surface area contributed by atoms with E-state index in [2.05, 4.69) is 4.74 Å². The Kier molecular flexibility index (Phi) is 3.76. The zero-order valence-corrected chi connectivity index (χ0v) is 9.68. The normalized spacial score (nSPS) is 15.7. The van der Waals surface area contributed by atoms with Gasteiger partial charge < -0.3 is 15.4 Å². The van der Waals surface area contributed by atoms with Gasteiger partial charge >= 0.3 is 6.61 Å². The molecule has 0 radical (unpaired) electrons. The van der Waals surface area contributed by atoms with Crippen LogP contribution in [0.4, 0.5) is 8.78 Å². The van der Waals surface area contributed by atoms with Crippen molar-refractivity contribution in [2.24, 2.45) is 11.7 Å².